The van der Waals surface area contributed by atoms with E-state index in [0.717, 1.165) is 0 Å². The first-order valence-electron chi connectivity index (χ1n) is 1.84. The number of carboxylic acid groups (broad SMARTS) is 1. The predicted octanol–water partition coefficient (Wildman–Crippen LogP) is -2.40. The van der Waals surface area contributed by atoms with Crippen LogP contribution >= 0.6 is 0 Å². The van der Waals surface area contributed by atoms with Crippen LogP contribution in [0.2, 0.25) is 0 Å². The average molecular weight is 172 g/mol. The summed E-state index contributed by atoms with van der Waals surface area (Å²) in [6.07, 6.45) is 0. The van der Waals surface area contributed by atoms with Crippen molar-refractivity contribution in [1.82, 2.24) is 0 Å². The molecule has 0 spiro atoms. The molecular formula is C2H4O7S. The maximum Gasteiger partial charge on any atom is 0.395 e. The molecule has 60 valence electrons. The molecule has 7 nitrogen and oxygen atoms in total. The van der Waals surface area contributed by atoms with Crippen molar-refractivity contribution in [2.24, 2.45) is 0 Å². The second kappa shape index (κ2) is 2.16. The smallest absolute Gasteiger partial charge is 0.395 e. The zero-order valence-electron chi connectivity index (χ0n) is 4.42. The molecule has 0 fully saturated rings. The second-order valence-electron chi connectivity index (χ2n) is 1.39. The van der Waals surface area contributed by atoms with E-state index in [1.165, 1.54) is 0 Å². The van der Waals surface area contributed by atoms with Crippen LogP contribution in [0.15, 0.2) is 0 Å². The summed E-state index contributed by atoms with van der Waals surface area (Å²) >= 11 is 0. The monoisotopic (exact) mass is 172 g/mol. The fourth-order valence-electron chi connectivity index (χ4n) is 0.110. The summed E-state index contributed by atoms with van der Waals surface area (Å²) in [4.78, 5) is 9.63. The summed E-state index contributed by atoms with van der Waals surface area (Å²) in [5, 5.41) is 19.7. The van der Waals surface area contributed by atoms with Crippen molar-refractivity contribution >= 4 is 16.1 Å². The number of hydrogen-bond donors (Lipinski definition) is 4. The van der Waals surface area contributed by atoms with Crippen LogP contribution in [0.3, 0.4) is 0 Å². The Morgan fingerprint density at radius 3 is 1.60 bits per heavy atom. The van der Waals surface area contributed by atoms with Crippen LogP contribution in [-0.2, 0) is 14.9 Å². The van der Waals surface area contributed by atoms with Gasteiger partial charge in [-0.15, -0.1) is 0 Å². The first-order valence-corrected chi connectivity index (χ1v) is 3.29. The third kappa shape index (κ3) is 1.42. The van der Waals surface area contributed by atoms with E-state index in [2.05, 4.69) is 0 Å². The van der Waals surface area contributed by atoms with E-state index in [9.17, 15) is 13.2 Å². The lowest BCUT2D eigenvalue weighted by Gasteiger charge is -2.10. The highest BCUT2D eigenvalue weighted by atomic mass is 32.2. The van der Waals surface area contributed by atoms with Crippen LogP contribution in [0.25, 0.3) is 0 Å². The topological polar surface area (TPSA) is 132 Å². The molecule has 8 heteroatoms. The lowest BCUT2D eigenvalue weighted by atomic mass is 10.7. The molecule has 0 aromatic rings. The van der Waals surface area contributed by atoms with Gasteiger partial charge in [0.1, 0.15) is 0 Å². The molecular weight excluding hydrogens is 168 g/mol. The number of aliphatic hydroxyl groups is 2. The highest BCUT2D eigenvalue weighted by molar-refractivity contribution is 7.87. The molecule has 0 bridgehead atoms. The van der Waals surface area contributed by atoms with E-state index in [1.54, 1.807) is 0 Å². The standard InChI is InChI=1S/C2H4O7S/c3-1(4)2(5,6)10(7,8)9/h5-6H,(H,3,4)(H,7,8,9). The lowest BCUT2D eigenvalue weighted by molar-refractivity contribution is -0.177. The summed E-state index contributed by atoms with van der Waals surface area (Å²) in [5.41, 5.74) is 0. The van der Waals surface area contributed by atoms with E-state index in [0.29, 0.717) is 0 Å². The van der Waals surface area contributed by atoms with Gasteiger partial charge in [-0.2, -0.15) is 8.42 Å². The maximum atomic E-state index is 9.77. The van der Waals surface area contributed by atoms with E-state index in [1.807, 2.05) is 0 Å². The van der Waals surface area contributed by atoms with Crippen molar-refractivity contribution < 1.29 is 33.1 Å². The molecule has 0 rings (SSSR count). The minimum absolute atomic E-state index is 2.46. The summed E-state index contributed by atoms with van der Waals surface area (Å²) in [5.74, 6) is -2.46. The Labute approximate surface area is 55.3 Å². The van der Waals surface area contributed by atoms with Gasteiger partial charge < -0.3 is 15.3 Å². The van der Waals surface area contributed by atoms with Crippen molar-refractivity contribution in [2.75, 3.05) is 0 Å². The third-order valence-electron chi connectivity index (χ3n) is 0.638. The summed E-state index contributed by atoms with van der Waals surface area (Å²) < 4.78 is 27.3. The molecule has 0 saturated heterocycles. The molecule has 4 N–H and O–H groups in total. The Bertz CT molecular complexity index is 234. The van der Waals surface area contributed by atoms with Gasteiger partial charge >= 0.3 is 21.2 Å². The van der Waals surface area contributed by atoms with E-state index >= 15 is 0 Å². The van der Waals surface area contributed by atoms with E-state index in [-0.39, 0.29) is 0 Å². The number of rotatable bonds is 2. The van der Waals surface area contributed by atoms with Crippen molar-refractivity contribution in [3.63, 3.8) is 0 Å². The van der Waals surface area contributed by atoms with Crippen molar-refractivity contribution in [1.29, 1.82) is 0 Å². The summed E-state index contributed by atoms with van der Waals surface area (Å²) in [7, 11) is -5.39. The van der Waals surface area contributed by atoms with Crippen molar-refractivity contribution in [2.45, 2.75) is 5.12 Å². The maximum absolute atomic E-state index is 9.77. The zero-order chi connectivity index (χ0) is 8.58. The molecule has 0 aliphatic heterocycles. The van der Waals surface area contributed by atoms with Crippen LogP contribution in [0.4, 0.5) is 0 Å². The molecule has 0 radical (unpaired) electrons. The Kier molecular flexibility index (Phi) is 2.01. The molecule has 0 heterocycles. The van der Waals surface area contributed by atoms with Crippen LogP contribution in [0, 0.1) is 0 Å². The predicted molar refractivity (Wildman–Crippen MR) is 26.4 cm³/mol. The molecule has 10 heavy (non-hydrogen) atoms. The highest BCUT2D eigenvalue weighted by Crippen LogP contribution is 2.06. The van der Waals surface area contributed by atoms with Gasteiger partial charge in [-0.1, -0.05) is 0 Å². The quantitative estimate of drug-likeness (QED) is 0.269. The van der Waals surface area contributed by atoms with Crippen LogP contribution in [0.5, 0.6) is 0 Å². The minimum atomic E-state index is -5.39. The van der Waals surface area contributed by atoms with Gasteiger partial charge in [-0.05, 0) is 0 Å². The summed E-state index contributed by atoms with van der Waals surface area (Å²) in [6, 6.07) is 0. The minimum Gasteiger partial charge on any atom is -0.476 e. The molecule has 0 aliphatic rings. The van der Waals surface area contributed by atoms with Crippen LogP contribution in [-0.4, -0.2) is 39.4 Å². The van der Waals surface area contributed by atoms with Gasteiger partial charge in [0, 0.05) is 0 Å². The van der Waals surface area contributed by atoms with Gasteiger partial charge in [0.05, 0.1) is 0 Å². The molecule has 0 aromatic carbocycles. The fourth-order valence-corrected chi connectivity index (χ4v) is 0.331. The Balaban J connectivity index is 4.95. The lowest BCUT2D eigenvalue weighted by Crippen LogP contribution is -2.45. The first-order chi connectivity index (χ1) is 4.19. The van der Waals surface area contributed by atoms with Gasteiger partial charge in [-0.3, -0.25) is 4.55 Å². The summed E-state index contributed by atoms with van der Waals surface area (Å²) in [6.45, 7) is 0. The Morgan fingerprint density at radius 2 is 1.60 bits per heavy atom. The molecule has 0 amide bonds. The van der Waals surface area contributed by atoms with Gasteiger partial charge in [0.2, 0.25) is 0 Å². The SMILES string of the molecule is O=C(O)C(O)(O)S(=O)(=O)O. The second-order valence-corrected chi connectivity index (χ2v) is 2.91. The normalized spacial score (nSPS) is 13.1. The van der Waals surface area contributed by atoms with Crippen LogP contribution in [0.1, 0.15) is 0 Å². The number of hydrogen-bond acceptors (Lipinski definition) is 5. The third-order valence-corrected chi connectivity index (χ3v) is 1.53. The van der Waals surface area contributed by atoms with Gasteiger partial charge in [-0.25, -0.2) is 4.79 Å². The van der Waals surface area contributed by atoms with E-state index in [4.69, 9.17) is 19.9 Å². The number of carbonyl (C=O) groups is 1. The zero-order valence-corrected chi connectivity index (χ0v) is 5.24. The highest BCUT2D eigenvalue weighted by Gasteiger charge is 2.47. The van der Waals surface area contributed by atoms with Crippen molar-refractivity contribution in [3.05, 3.63) is 0 Å². The fraction of sp³-hybridized carbons (Fsp3) is 0.500. The van der Waals surface area contributed by atoms with Crippen LogP contribution < -0.4 is 0 Å². The molecule has 0 aliphatic carbocycles. The first kappa shape index (κ1) is 9.30. The molecule has 0 unspecified atom stereocenters. The molecule has 0 atom stereocenters. The average Bonchev–Trinajstić information content (AvgIpc) is 1.62. The largest absolute Gasteiger partial charge is 0.476 e. The van der Waals surface area contributed by atoms with Gasteiger partial charge in [0.15, 0.2) is 0 Å². The molecule has 0 saturated carbocycles. The van der Waals surface area contributed by atoms with Crippen molar-refractivity contribution in [3.8, 4) is 0 Å². The molecule has 0 aromatic heterocycles. The van der Waals surface area contributed by atoms with Gasteiger partial charge in [0.25, 0.3) is 0 Å². The Hall–Kier alpha value is -0.700. The Morgan fingerprint density at radius 1 is 1.30 bits per heavy atom. The number of aliphatic carboxylic acids is 1. The number of carboxylic acids is 1. The van der Waals surface area contributed by atoms with E-state index < -0.39 is 21.2 Å².